The van der Waals surface area contributed by atoms with Gasteiger partial charge in [0.25, 0.3) is 0 Å². The average Bonchev–Trinajstić information content (AvgIpc) is 2.41. The van der Waals surface area contributed by atoms with Gasteiger partial charge in [0.1, 0.15) is 0 Å². The predicted molar refractivity (Wildman–Crippen MR) is 48.9 cm³/mol. The minimum absolute atomic E-state index is 0.0898. The molecular formula is C10H19NO. The first-order chi connectivity index (χ1) is 5.73. The normalized spacial score (nSPS) is 48.5. The fourth-order valence-electron chi connectivity index (χ4n) is 2.53. The van der Waals surface area contributed by atoms with E-state index in [1.807, 2.05) is 0 Å². The topological polar surface area (TPSA) is 35.2 Å². The Morgan fingerprint density at radius 3 is 2.42 bits per heavy atom. The van der Waals surface area contributed by atoms with E-state index in [0.29, 0.717) is 6.04 Å². The van der Waals surface area contributed by atoms with Crippen LogP contribution in [0.15, 0.2) is 0 Å². The summed E-state index contributed by atoms with van der Waals surface area (Å²) in [5, 5.41) is 0. The molecule has 70 valence electrons. The van der Waals surface area contributed by atoms with E-state index in [-0.39, 0.29) is 5.60 Å². The van der Waals surface area contributed by atoms with Crippen LogP contribution in [-0.4, -0.2) is 18.2 Å². The maximum Gasteiger partial charge on any atom is 0.0833 e. The smallest absolute Gasteiger partial charge is 0.0833 e. The van der Waals surface area contributed by atoms with Gasteiger partial charge >= 0.3 is 0 Å². The first kappa shape index (κ1) is 8.52. The molecule has 0 aromatic heterocycles. The third kappa shape index (κ3) is 1.27. The van der Waals surface area contributed by atoms with Crippen LogP contribution >= 0.6 is 0 Å². The molecule has 1 aliphatic carbocycles. The highest BCUT2D eigenvalue weighted by atomic mass is 16.5. The summed E-state index contributed by atoms with van der Waals surface area (Å²) in [6, 6.07) is 0.310. The van der Waals surface area contributed by atoms with Gasteiger partial charge in [0.05, 0.1) is 5.60 Å². The van der Waals surface area contributed by atoms with Crippen LogP contribution in [0, 0.1) is 5.92 Å². The van der Waals surface area contributed by atoms with E-state index >= 15 is 0 Å². The predicted octanol–water partition coefficient (Wildman–Crippen LogP) is 1.68. The molecule has 2 nitrogen and oxygen atoms in total. The molecule has 1 unspecified atom stereocenters. The van der Waals surface area contributed by atoms with E-state index in [1.165, 1.54) is 25.7 Å². The summed E-state index contributed by atoms with van der Waals surface area (Å²) in [7, 11) is 0. The summed E-state index contributed by atoms with van der Waals surface area (Å²) in [5.41, 5.74) is 6.15. The molecule has 2 heteroatoms. The molecule has 1 saturated heterocycles. The molecule has 2 aliphatic rings. The molecule has 0 amide bonds. The zero-order chi connectivity index (χ0) is 8.60. The van der Waals surface area contributed by atoms with Crippen molar-refractivity contribution in [2.24, 2.45) is 11.7 Å². The molecule has 0 bridgehead atoms. The minimum Gasteiger partial charge on any atom is -0.373 e. The van der Waals surface area contributed by atoms with Crippen LogP contribution in [-0.2, 0) is 4.74 Å². The summed E-state index contributed by atoms with van der Waals surface area (Å²) < 4.78 is 5.82. The van der Waals surface area contributed by atoms with Crippen LogP contribution in [0.3, 0.4) is 0 Å². The van der Waals surface area contributed by atoms with E-state index < -0.39 is 0 Å². The lowest BCUT2D eigenvalue weighted by atomic mass is 9.76. The molecular weight excluding hydrogens is 150 g/mol. The molecule has 0 radical (unpaired) electrons. The number of hydrogen-bond donors (Lipinski definition) is 1. The van der Waals surface area contributed by atoms with Gasteiger partial charge in [-0.1, -0.05) is 6.92 Å². The monoisotopic (exact) mass is 169 g/mol. The highest BCUT2D eigenvalue weighted by molar-refractivity contribution is 4.98. The highest BCUT2D eigenvalue weighted by Crippen LogP contribution is 2.40. The Kier molecular flexibility index (Phi) is 2.13. The number of rotatable bonds is 0. The fraction of sp³-hybridized carbons (Fsp3) is 1.00. The molecule has 0 aromatic rings. The van der Waals surface area contributed by atoms with Crippen molar-refractivity contribution in [2.45, 2.75) is 50.7 Å². The standard InChI is InChI=1S/C10H19NO/c1-8-2-5-10(6-3-8)9(11)4-7-12-10/h8-9H,2-7,11H2,1H3. The van der Waals surface area contributed by atoms with Crippen LogP contribution in [0.5, 0.6) is 0 Å². The quantitative estimate of drug-likeness (QED) is 0.599. The van der Waals surface area contributed by atoms with Crippen molar-refractivity contribution in [3.63, 3.8) is 0 Å². The van der Waals surface area contributed by atoms with Crippen LogP contribution in [0.25, 0.3) is 0 Å². The molecule has 1 heterocycles. The van der Waals surface area contributed by atoms with Gasteiger partial charge in [-0.15, -0.1) is 0 Å². The summed E-state index contributed by atoms with van der Waals surface area (Å²) in [5.74, 6) is 0.882. The second kappa shape index (κ2) is 3.00. The van der Waals surface area contributed by atoms with Gasteiger partial charge in [0.15, 0.2) is 0 Å². The van der Waals surface area contributed by atoms with E-state index in [1.54, 1.807) is 0 Å². The van der Waals surface area contributed by atoms with E-state index in [9.17, 15) is 0 Å². The van der Waals surface area contributed by atoms with Crippen molar-refractivity contribution in [3.8, 4) is 0 Å². The molecule has 0 aromatic carbocycles. The molecule has 12 heavy (non-hydrogen) atoms. The Morgan fingerprint density at radius 2 is 1.92 bits per heavy atom. The zero-order valence-electron chi connectivity index (χ0n) is 7.88. The van der Waals surface area contributed by atoms with Gasteiger partial charge in [-0.25, -0.2) is 0 Å². The summed E-state index contributed by atoms with van der Waals surface area (Å²) in [4.78, 5) is 0. The first-order valence-electron chi connectivity index (χ1n) is 5.12. The van der Waals surface area contributed by atoms with Crippen LogP contribution in [0.4, 0.5) is 0 Å². The van der Waals surface area contributed by atoms with Gasteiger partial charge in [0, 0.05) is 12.6 Å². The third-order valence-corrected chi connectivity index (χ3v) is 3.61. The van der Waals surface area contributed by atoms with Gasteiger partial charge in [-0.2, -0.15) is 0 Å². The zero-order valence-corrected chi connectivity index (χ0v) is 7.88. The van der Waals surface area contributed by atoms with E-state index in [2.05, 4.69) is 6.92 Å². The molecule has 2 rings (SSSR count). The SMILES string of the molecule is CC1CCC2(CC1)OCCC2N. The Balaban J connectivity index is 2.02. The largest absolute Gasteiger partial charge is 0.373 e. The maximum absolute atomic E-state index is 6.06. The van der Waals surface area contributed by atoms with E-state index in [4.69, 9.17) is 10.5 Å². The Morgan fingerprint density at radius 1 is 1.25 bits per heavy atom. The fourth-order valence-corrected chi connectivity index (χ4v) is 2.53. The lowest BCUT2D eigenvalue weighted by Gasteiger charge is -2.38. The number of nitrogens with two attached hydrogens (primary N) is 1. The van der Waals surface area contributed by atoms with Crippen molar-refractivity contribution < 1.29 is 4.74 Å². The Labute approximate surface area is 74.5 Å². The third-order valence-electron chi connectivity index (χ3n) is 3.61. The van der Waals surface area contributed by atoms with Gasteiger partial charge in [-0.3, -0.25) is 0 Å². The Hall–Kier alpha value is -0.0800. The molecule has 1 aliphatic heterocycles. The van der Waals surface area contributed by atoms with Crippen LogP contribution < -0.4 is 5.73 Å². The molecule has 1 spiro atoms. The van der Waals surface area contributed by atoms with Crippen molar-refractivity contribution >= 4 is 0 Å². The summed E-state index contributed by atoms with van der Waals surface area (Å²) in [6.07, 6.45) is 6.04. The lowest BCUT2D eigenvalue weighted by molar-refractivity contribution is -0.0410. The van der Waals surface area contributed by atoms with Crippen molar-refractivity contribution in [1.29, 1.82) is 0 Å². The first-order valence-corrected chi connectivity index (χ1v) is 5.12. The van der Waals surface area contributed by atoms with Crippen molar-refractivity contribution in [3.05, 3.63) is 0 Å². The highest BCUT2D eigenvalue weighted by Gasteiger charge is 2.43. The summed E-state index contributed by atoms with van der Waals surface area (Å²) in [6.45, 7) is 3.21. The Bertz CT molecular complexity index is 161. The molecule has 1 atom stereocenters. The van der Waals surface area contributed by atoms with Gasteiger partial charge in [0.2, 0.25) is 0 Å². The van der Waals surface area contributed by atoms with Crippen LogP contribution in [0.1, 0.15) is 39.0 Å². The second-order valence-electron chi connectivity index (χ2n) is 4.49. The van der Waals surface area contributed by atoms with Crippen molar-refractivity contribution in [2.75, 3.05) is 6.61 Å². The second-order valence-corrected chi connectivity index (χ2v) is 4.49. The summed E-state index contributed by atoms with van der Waals surface area (Å²) >= 11 is 0. The minimum atomic E-state index is 0.0898. The molecule has 2 fully saturated rings. The van der Waals surface area contributed by atoms with Gasteiger partial charge in [-0.05, 0) is 38.0 Å². The number of hydrogen-bond acceptors (Lipinski definition) is 2. The lowest BCUT2D eigenvalue weighted by Crippen LogP contribution is -2.47. The van der Waals surface area contributed by atoms with Crippen molar-refractivity contribution in [1.82, 2.24) is 0 Å². The molecule has 1 saturated carbocycles. The van der Waals surface area contributed by atoms with Crippen LogP contribution in [0.2, 0.25) is 0 Å². The van der Waals surface area contributed by atoms with E-state index in [0.717, 1.165) is 18.9 Å². The molecule has 2 N–H and O–H groups in total. The number of ether oxygens (including phenoxy) is 1. The average molecular weight is 169 g/mol. The van der Waals surface area contributed by atoms with Gasteiger partial charge < -0.3 is 10.5 Å². The maximum atomic E-state index is 6.06.